The smallest absolute Gasteiger partial charge is 0.410 e. The number of amides is 2. The van der Waals surface area contributed by atoms with Crippen molar-refractivity contribution in [2.75, 3.05) is 23.3 Å². The van der Waals surface area contributed by atoms with Gasteiger partial charge in [-0.2, -0.15) is 5.10 Å². The predicted molar refractivity (Wildman–Crippen MR) is 154 cm³/mol. The van der Waals surface area contributed by atoms with Gasteiger partial charge in [0, 0.05) is 35.2 Å². The van der Waals surface area contributed by atoms with Crippen LogP contribution in [0.4, 0.5) is 16.2 Å². The van der Waals surface area contributed by atoms with Crippen LogP contribution in [0.3, 0.4) is 0 Å². The number of carbonyl (C=O) groups is 2. The van der Waals surface area contributed by atoms with E-state index in [1.165, 1.54) is 0 Å². The number of nitrogens with zero attached hydrogens (tertiary/aromatic N) is 5. The summed E-state index contributed by atoms with van der Waals surface area (Å²) in [5.74, 6) is -0.280. The topological polar surface area (TPSA) is 92.1 Å². The highest BCUT2D eigenvalue weighted by atomic mass is 16.6. The Labute approximate surface area is 228 Å². The molecule has 204 valence electrons. The molecular formula is C30H36N6O3. The molecule has 1 N–H and O–H groups in total. The molecule has 9 nitrogen and oxygen atoms in total. The van der Waals surface area contributed by atoms with E-state index in [1.54, 1.807) is 10.6 Å². The quantitative estimate of drug-likeness (QED) is 0.373. The molecule has 1 aliphatic heterocycles. The fourth-order valence-electron chi connectivity index (χ4n) is 5.40. The maximum atomic E-state index is 13.3. The van der Waals surface area contributed by atoms with Crippen molar-refractivity contribution in [3.05, 3.63) is 65.6 Å². The van der Waals surface area contributed by atoms with Crippen LogP contribution in [-0.4, -0.2) is 62.3 Å². The molecule has 3 heterocycles. The Hall–Kier alpha value is -4.14. The summed E-state index contributed by atoms with van der Waals surface area (Å²) in [4.78, 5) is 34.8. The van der Waals surface area contributed by atoms with Crippen LogP contribution in [0.5, 0.6) is 0 Å². The second-order valence-corrected chi connectivity index (χ2v) is 11.5. The molecule has 1 saturated heterocycles. The normalized spacial score (nSPS) is 18.0. The Kier molecular flexibility index (Phi) is 6.70. The molecule has 0 spiro atoms. The van der Waals surface area contributed by atoms with Crippen molar-refractivity contribution in [2.45, 2.75) is 66.2 Å². The largest absolute Gasteiger partial charge is 0.444 e. The monoisotopic (exact) mass is 528 g/mol. The Morgan fingerprint density at radius 2 is 1.67 bits per heavy atom. The van der Waals surface area contributed by atoms with Crippen LogP contribution in [0.1, 0.15) is 56.4 Å². The number of hydrogen-bond donors (Lipinski definition) is 1. The Balaban J connectivity index is 1.41. The average Bonchev–Trinajstić information content (AvgIpc) is 3.23. The molecule has 0 aliphatic carbocycles. The number of fused-ring (bicyclic) bond motifs is 2. The van der Waals surface area contributed by atoms with E-state index in [0.29, 0.717) is 24.5 Å². The molecule has 1 aliphatic rings. The van der Waals surface area contributed by atoms with Crippen molar-refractivity contribution in [3.63, 3.8) is 0 Å². The van der Waals surface area contributed by atoms with Crippen molar-refractivity contribution in [1.82, 2.24) is 19.5 Å². The van der Waals surface area contributed by atoms with Gasteiger partial charge in [-0.05, 0) is 72.2 Å². The van der Waals surface area contributed by atoms with E-state index in [0.717, 1.165) is 33.4 Å². The molecule has 0 unspecified atom stereocenters. The highest BCUT2D eigenvalue weighted by Crippen LogP contribution is 2.35. The zero-order chi connectivity index (χ0) is 28.1. The number of aryl methyl sites for hydroxylation is 2. The summed E-state index contributed by atoms with van der Waals surface area (Å²) in [5.41, 5.74) is 4.05. The average molecular weight is 529 g/mol. The molecule has 2 amide bonds. The Bertz CT molecular complexity index is 1560. The van der Waals surface area contributed by atoms with Gasteiger partial charge in [0.1, 0.15) is 11.3 Å². The molecule has 1 fully saturated rings. The first-order valence-corrected chi connectivity index (χ1v) is 13.3. The number of ether oxygens (including phenoxy) is 1. The third kappa shape index (κ3) is 5.26. The van der Waals surface area contributed by atoms with Crippen molar-refractivity contribution < 1.29 is 14.3 Å². The van der Waals surface area contributed by atoms with Gasteiger partial charge in [-0.3, -0.25) is 9.69 Å². The van der Waals surface area contributed by atoms with Crippen molar-refractivity contribution in [1.29, 1.82) is 0 Å². The van der Waals surface area contributed by atoms with Gasteiger partial charge in [0.15, 0.2) is 5.65 Å². The molecule has 9 heteroatoms. The first-order valence-electron chi connectivity index (χ1n) is 13.3. The number of carbonyl (C=O) groups excluding carboxylic acids is 2. The SMILES string of the molecule is Cc1cn2nc(C(=O)Nc3ccc(N4C[C@@H](C)N(C(=O)OC(C)(C)C)[C@@H](C)C4)c4ccccc34)cc(C)c2n1. The molecule has 5 rings (SSSR count). The van der Waals surface area contributed by atoms with Crippen LogP contribution in [-0.2, 0) is 4.74 Å². The number of benzene rings is 2. The van der Waals surface area contributed by atoms with E-state index in [2.05, 4.69) is 40.2 Å². The van der Waals surface area contributed by atoms with Crippen LogP contribution < -0.4 is 10.2 Å². The zero-order valence-corrected chi connectivity index (χ0v) is 23.6. The number of aromatic nitrogens is 3. The van der Waals surface area contributed by atoms with Crippen LogP contribution in [0.2, 0.25) is 0 Å². The van der Waals surface area contributed by atoms with Crippen LogP contribution in [0, 0.1) is 13.8 Å². The lowest BCUT2D eigenvalue weighted by Gasteiger charge is -2.45. The number of imidazole rings is 1. The van der Waals surface area contributed by atoms with E-state index < -0.39 is 5.60 Å². The minimum absolute atomic E-state index is 0.0298. The maximum absolute atomic E-state index is 13.3. The van der Waals surface area contributed by atoms with Gasteiger partial charge < -0.3 is 15.0 Å². The number of anilines is 2. The summed E-state index contributed by atoms with van der Waals surface area (Å²) in [6.07, 6.45) is 1.53. The van der Waals surface area contributed by atoms with E-state index in [4.69, 9.17) is 4.74 Å². The van der Waals surface area contributed by atoms with Crippen molar-refractivity contribution in [2.24, 2.45) is 0 Å². The molecule has 0 radical (unpaired) electrons. The van der Waals surface area contributed by atoms with Crippen LogP contribution >= 0.6 is 0 Å². The molecule has 4 aromatic rings. The molecular weight excluding hydrogens is 492 g/mol. The summed E-state index contributed by atoms with van der Waals surface area (Å²) in [6, 6.07) is 13.7. The van der Waals surface area contributed by atoms with Gasteiger partial charge in [-0.1, -0.05) is 24.3 Å². The van der Waals surface area contributed by atoms with E-state index in [9.17, 15) is 9.59 Å². The standard InChI is InChI=1S/C30H36N6O3/c1-18-14-25(33-35-15-19(2)31-27(18)35)28(37)32-24-12-13-26(23-11-9-8-10-22(23)24)34-16-20(3)36(21(4)17-34)29(38)39-30(5,6)7/h8-15,20-21H,16-17H2,1-7H3,(H,32,37)/t20-,21+. The Morgan fingerprint density at radius 3 is 2.33 bits per heavy atom. The first kappa shape index (κ1) is 26.5. The predicted octanol–water partition coefficient (Wildman–Crippen LogP) is 5.59. The minimum Gasteiger partial charge on any atom is -0.444 e. The Morgan fingerprint density at radius 1 is 1.00 bits per heavy atom. The molecule has 39 heavy (non-hydrogen) atoms. The van der Waals surface area contributed by atoms with Gasteiger partial charge >= 0.3 is 6.09 Å². The molecule has 0 bridgehead atoms. The molecule has 2 atom stereocenters. The molecule has 2 aromatic heterocycles. The number of nitrogens with one attached hydrogen (secondary N) is 1. The van der Waals surface area contributed by atoms with E-state index in [-0.39, 0.29) is 24.1 Å². The van der Waals surface area contributed by atoms with Gasteiger partial charge in [0.2, 0.25) is 0 Å². The van der Waals surface area contributed by atoms with E-state index >= 15 is 0 Å². The second kappa shape index (κ2) is 9.87. The summed E-state index contributed by atoms with van der Waals surface area (Å²) < 4.78 is 7.32. The van der Waals surface area contributed by atoms with Gasteiger partial charge in [-0.15, -0.1) is 0 Å². The summed E-state index contributed by atoms with van der Waals surface area (Å²) in [7, 11) is 0. The molecule has 2 aromatic carbocycles. The fraction of sp³-hybridized carbons (Fsp3) is 0.400. The first-order chi connectivity index (χ1) is 18.4. The molecule has 0 saturated carbocycles. The fourth-order valence-corrected chi connectivity index (χ4v) is 5.40. The minimum atomic E-state index is -0.540. The summed E-state index contributed by atoms with van der Waals surface area (Å²) in [5, 5.41) is 9.52. The highest BCUT2D eigenvalue weighted by molar-refractivity contribution is 6.10. The lowest BCUT2D eigenvalue weighted by molar-refractivity contribution is 0.00567. The number of piperazine rings is 1. The highest BCUT2D eigenvalue weighted by Gasteiger charge is 2.36. The zero-order valence-electron chi connectivity index (χ0n) is 23.6. The van der Waals surface area contributed by atoms with Crippen LogP contribution in [0.25, 0.3) is 16.4 Å². The number of hydrogen-bond acceptors (Lipinski definition) is 6. The third-order valence-electron chi connectivity index (χ3n) is 6.98. The van der Waals surface area contributed by atoms with Gasteiger partial charge in [-0.25, -0.2) is 14.3 Å². The van der Waals surface area contributed by atoms with Gasteiger partial charge in [0.05, 0.1) is 24.0 Å². The number of rotatable bonds is 3. The van der Waals surface area contributed by atoms with Crippen LogP contribution in [0.15, 0.2) is 48.7 Å². The van der Waals surface area contributed by atoms with Crippen molar-refractivity contribution in [3.8, 4) is 0 Å². The van der Waals surface area contributed by atoms with Crippen molar-refractivity contribution >= 4 is 39.8 Å². The maximum Gasteiger partial charge on any atom is 0.410 e. The lowest BCUT2D eigenvalue weighted by atomic mass is 10.0. The van der Waals surface area contributed by atoms with E-state index in [1.807, 2.05) is 76.0 Å². The third-order valence-corrected chi connectivity index (χ3v) is 6.98. The summed E-state index contributed by atoms with van der Waals surface area (Å²) >= 11 is 0. The summed E-state index contributed by atoms with van der Waals surface area (Å²) in [6.45, 7) is 14.9. The second-order valence-electron chi connectivity index (χ2n) is 11.5. The van der Waals surface area contributed by atoms with Gasteiger partial charge in [0.25, 0.3) is 5.91 Å². The lowest BCUT2D eigenvalue weighted by Crippen LogP contribution is -2.59.